The second-order valence-electron chi connectivity index (χ2n) is 5.48. The minimum Gasteiger partial charge on any atom is -0.297 e. The highest BCUT2D eigenvalue weighted by Gasteiger charge is 2.34. The summed E-state index contributed by atoms with van der Waals surface area (Å²) in [7, 11) is 0. The van der Waals surface area contributed by atoms with Crippen LogP contribution in [0.25, 0.3) is 0 Å². The molecule has 0 aromatic carbocycles. The second kappa shape index (κ2) is 7.01. The number of nitriles is 1. The molecule has 0 aliphatic heterocycles. The van der Waals surface area contributed by atoms with Crippen LogP contribution in [0.2, 0.25) is 0 Å². The third-order valence-electron chi connectivity index (χ3n) is 4.62. The molecule has 4 atom stereocenters. The van der Waals surface area contributed by atoms with E-state index in [2.05, 4.69) is 38.7 Å². The zero-order valence-corrected chi connectivity index (χ0v) is 11.9. The third kappa shape index (κ3) is 3.45. The summed E-state index contributed by atoms with van der Waals surface area (Å²) in [6.45, 7) is 10.1. The van der Waals surface area contributed by atoms with Crippen LogP contribution in [0.4, 0.5) is 0 Å². The van der Waals surface area contributed by atoms with Gasteiger partial charge in [0.25, 0.3) is 0 Å². The summed E-state index contributed by atoms with van der Waals surface area (Å²) in [6.07, 6.45) is 6.04. The van der Waals surface area contributed by atoms with Crippen molar-refractivity contribution in [3.8, 4) is 6.07 Å². The molecule has 0 bridgehead atoms. The molecule has 2 heteroatoms. The molecule has 1 fully saturated rings. The predicted octanol–water partition coefficient (Wildman–Crippen LogP) is 3.83. The van der Waals surface area contributed by atoms with Crippen LogP contribution < -0.4 is 0 Å². The van der Waals surface area contributed by atoms with Gasteiger partial charge in [-0.25, -0.2) is 0 Å². The van der Waals surface area contributed by atoms with Gasteiger partial charge in [0.05, 0.1) is 12.0 Å². The Morgan fingerprint density at radius 3 is 2.47 bits per heavy atom. The molecule has 1 rings (SSSR count). The molecule has 98 valence electrons. The first-order chi connectivity index (χ1) is 8.17. The second-order valence-corrected chi connectivity index (χ2v) is 5.48. The molecule has 1 saturated carbocycles. The van der Waals surface area contributed by atoms with Gasteiger partial charge >= 0.3 is 0 Å². The van der Waals surface area contributed by atoms with Crippen molar-refractivity contribution in [3.63, 3.8) is 0 Å². The minimum atomic E-state index is 0.256. The van der Waals surface area contributed by atoms with E-state index >= 15 is 0 Å². The topological polar surface area (TPSA) is 27.0 Å². The first-order valence-corrected chi connectivity index (χ1v) is 7.33. The number of rotatable bonds is 5. The van der Waals surface area contributed by atoms with E-state index < -0.39 is 0 Å². The molecule has 1 aliphatic carbocycles. The van der Waals surface area contributed by atoms with Crippen molar-refractivity contribution in [2.24, 2.45) is 11.8 Å². The maximum atomic E-state index is 9.34. The van der Waals surface area contributed by atoms with Crippen LogP contribution in [-0.4, -0.2) is 23.5 Å². The first kappa shape index (κ1) is 14.5. The van der Waals surface area contributed by atoms with Crippen molar-refractivity contribution in [1.29, 1.82) is 5.26 Å². The Hall–Kier alpha value is -0.550. The van der Waals surface area contributed by atoms with E-state index in [4.69, 9.17) is 0 Å². The van der Waals surface area contributed by atoms with E-state index in [0.29, 0.717) is 12.1 Å². The maximum Gasteiger partial charge on any atom is 0.0672 e. The summed E-state index contributed by atoms with van der Waals surface area (Å²) >= 11 is 0. The summed E-state index contributed by atoms with van der Waals surface area (Å²) in [4.78, 5) is 2.57. The van der Waals surface area contributed by atoms with Crippen molar-refractivity contribution >= 4 is 0 Å². The molecule has 4 unspecified atom stereocenters. The van der Waals surface area contributed by atoms with Gasteiger partial charge in [-0.2, -0.15) is 5.26 Å². The van der Waals surface area contributed by atoms with E-state index in [0.717, 1.165) is 18.9 Å². The van der Waals surface area contributed by atoms with Crippen molar-refractivity contribution in [1.82, 2.24) is 4.90 Å². The van der Waals surface area contributed by atoms with E-state index in [1.54, 1.807) is 0 Å². The Kier molecular flexibility index (Phi) is 5.98. The van der Waals surface area contributed by atoms with Gasteiger partial charge in [0.2, 0.25) is 0 Å². The van der Waals surface area contributed by atoms with Crippen LogP contribution in [0.3, 0.4) is 0 Å². The zero-order valence-electron chi connectivity index (χ0n) is 11.9. The smallest absolute Gasteiger partial charge is 0.0672 e. The Bertz CT molecular complexity index is 256. The lowest BCUT2D eigenvalue weighted by Gasteiger charge is -2.42. The lowest BCUT2D eigenvalue weighted by atomic mass is 9.76. The van der Waals surface area contributed by atoms with Gasteiger partial charge in [-0.15, -0.1) is 0 Å². The quantitative estimate of drug-likeness (QED) is 0.725. The molecule has 0 amide bonds. The highest BCUT2D eigenvalue weighted by Crippen LogP contribution is 2.34. The summed E-state index contributed by atoms with van der Waals surface area (Å²) < 4.78 is 0. The van der Waals surface area contributed by atoms with Gasteiger partial charge in [-0.05, 0) is 45.1 Å². The van der Waals surface area contributed by atoms with E-state index in [-0.39, 0.29) is 5.92 Å². The molecule has 0 heterocycles. The highest BCUT2D eigenvalue weighted by molar-refractivity contribution is 4.98. The van der Waals surface area contributed by atoms with Crippen molar-refractivity contribution in [3.05, 3.63) is 0 Å². The molecule has 0 radical (unpaired) electrons. The molecule has 0 aromatic rings. The fourth-order valence-electron chi connectivity index (χ4n) is 3.23. The first-order valence-electron chi connectivity index (χ1n) is 7.33. The third-order valence-corrected chi connectivity index (χ3v) is 4.62. The lowest BCUT2D eigenvalue weighted by Crippen LogP contribution is -2.48. The fourth-order valence-corrected chi connectivity index (χ4v) is 3.23. The number of nitrogens with zero attached hydrogens (tertiary/aromatic N) is 2. The summed E-state index contributed by atoms with van der Waals surface area (Å²) in [6, 6.07) is 3.66. The Labute approximate surface area is 107 Å². The van der Waals surface area contributed by atoms with Crippen LogP contribution in [0.1, 0.15) is 59.8 Å². The molecule has 0 spiro atoms. The highest BCUT2D eigenvalue weighted by atomic mass is 15.2. The maximum absolute atomic E-state index is 9.34. The van der Waals surface area contributed by atoms with Crippen LogP contribution in [0.5, 0.6) is 0 Å². The normalized spacial score (nSPS) is 31.2. The zero-order chi connectivity index (χ0) is 12.8. The van der Waals surface area contributed by atoms with Gasteiger partial charge in [-0.3, -0.25) is 4.90 Å². The van der Waals surface area contributed by atoms with Gasteiger partial charge < -0.3 is 0 Å². The standard InChI is InChI=1S/C15H28N2/c1-5-12(4)17(7-3)15-10-13(6-2)8-9-14(15)11-16/h12-15H,5-10H2,1-4H3. The average Bonchev–Trinajstić information content (AvgIpc) is 2.39. The molecule has 0 saturated heterocycles. The Morgan fingerprint density at radius 2 is 2.00 bits per heavy atom. The molecule has 2 nitrogen and oxygen atoms in total. The van der Waals surface area contributed by atoms with Gasteiger partial charge in [0.1, 0.15) is 0 Å². The fraction of sp³-hybridized carbons (Fsp3) is 0.933. The van der Waals surface area contributed by atoms with Gasteiger partial charge in [0.15, 0.2) is 0 Å². The van der Waals surface area contributed by atoms with Crippen LogP contribution in [0.15, 0.2) is 0 Å². The SMILES string of the molecule is CCC1CCC(C#N)C(N(CC)C(C)CC)C1. The summed E-state index contributed by atoms with van der Waals surface area (Å²) in [5, 5.41) is 9.34. The number of hydrogen-bond donors (Lipinski definition) is 0. The lowest BCUT2D eigenvalue weighted by molar-refractivity contribution is 0.0705. The minimum absolute atomic E-state index is 0.256. The molecular formula is C15H28N2. The molecular weight excluding hydrogens is 208 g/mol. The van der Waals surface area contributed by atoms with E-state index in [1.807, 2.05) is 0 Å². The van der Waals surface area contributed by atoms with Crippen molar-refractivity contribution < 1.29 is 0 Å². The average molecular weight is 236 g/mol. The molecule has 0 N–H and O–H groups in total. The summed E-state index contributed by atoms with van der Waals surface area (Å²) in [5.41, 5.74) is 0. The monoisotopic (exact) mass is 236 g/mol. The van der Waals surface area contributed by atoms with Crippen LogP contribution in [0, 0.1) is 23.2 Å². The van der Waals surface area contributed by atoms with E-state index in [1.165, 1.54) is 25.7 Å². The van der Waals surface area contributed by atoms with Crippen molar-refractivity contribution in [2.45, 2.75) is 71.9 Å². The van der Waals surface area contributed by atoms with Crippen LogP contribution >= 0.6 is 0 Å². The Balaban J connectivity index is 2.77. The van der Waals surface area contributed by atoms with E-state index in [9.17, 15) is 5.26 Å². The largest absolute Gasteiger partial charge is 0.297 e. The van der Waals surface area contributed by atoms with Gasteiger partial charge in [-0.1, -0.05) is 27.2 Å². The molecule has 0 aromatic heterocycles. The summed E-state index contributed by atoms with van der Waals surface area (Å²) in [5.74, 6) is 1.09. The number of hydrogen-bond acceptors (Lipinski definition) is 2. The molecule has 1 aliphatic rings. The predicted molar refractivity (Wildman–Crippen MR) is 72.7 cm³/mol. The molecule has 17 heavy (non-hydrogen) atoms. The van der Waals surface area contributed by atoms with Gasteiger partial charge in [0, 0.05) is 12.1 Å². The van der Waals surface area contributed by atoms with Crippen molar-refractivity contribution in [2.75, 3.05) is 6.54 Å². The Morgan fingerprint density at radius 1 is 1.29 bits per heavy atom. The van der Waals surface area contributed by atoms with Crippen LogP contribution in [-0.2, 0) is 0 Å².